The number of rotatable bonds is 5. The van der Waals surface area contributed by atoms with E-state index in [1.54, 1.807) is 0 Å². The molecule has 27 heavy (non-hydrogen) atoms. The molecule has 0 saturated heterocycles. The number of amides is 1. The van der Waals surface area contributed by atoms with Crippen LogP contribution in [-0.2, 0) is 6.54 Å². The monoisotopic (exact) mass is 373 g/mol. The Bertz CT molecular complexity index is 1010. The first-order chi connectivity index (χ1) is 12.9. The van der Waals surface area contributed by atoms with E-state index in [1.165, 1.54) is 47.5 Å². The fraction of sp³-hybridized carbons (Fsp3) is 0.118. The fourth-order valence-corrected chi connectivity index (χ4v) is 2.53. The molecule has 0 radical (unpaired) electrons. The predicted molar refractivity (Wildman–Crippen MR) is 90.2 cm³/mol. The summed E-state index contributed by atoms with van der Waals surface area (Å²) in [6.07, 6.45) is 2.53. The fourth-order valence-electron chi connectivity index (χ4n) is 2.53. The number of nitro groups is 1. The van der Waals surface area contributed by atoms with Crippen molar-refractivity contribution in [2.45, 2.75) is 6.54 Å². The van der Waals surface area contributed by atoms with Crippen LogP contribution in [-0.4, -0.2) is 37.5 Å². The Morgan fingerprint density at radius 2 is 2.04 bits per heavy atom. The lowest BCUT2D eigenvalue weighted by Gasteiger charge is -2.18. The Morgan fingerprint density at radius 3 is 2.67 bits per heavy atom. The van der Waals surface area contributed by atoms with Gasteiger partial charge in [0, 0.05) is 36.9 Å². The Kier molecular flexibility index (Phi) is 4.88. The van der Waals surface area contributed by atoms with E-state index in [4.69, 9.17) is 0 Å². The van der Waals surface area contributed by atoms with Crippen LogP contribution in [0.5, 0.6) is 0 Å². The van der Waals surface area contributed by atoms with Gasteiger partial charge in [-0.25, -0.2) is 18.4 Å². The highest BCUT2D eigenvalue weighted by Crippen LogP contribution is 2.24. The quantitative estimate of drug-likeness (QED) is 0.506. The minimum atomic E-state index is -0.776. The first kappa shape index (κ1) is 18.1. The highest BCUT2D eigenvalue weighted by molar-refractivity contribution is 5.95. The summed E-state index contributed by atoms with van der Waals surface area (Å²) >= 11 is 0. The maximum Gasteiger partial charge on any atom is 0.295 e. The summed E-state index contributed by atoms with van der Waals surface area (Å²) in [4.78, 5) is 28.2. The van der Waals surface area contributed by atoms with Gasteiger partial charge in [0.05, 0.1) is 4.92 Å². The van der Waals surface area contributed by atoms with Crippen molar-refractivity contribution in [3.8, 4) is 5.69 Å². The van der Waals surface area contributed by atoms with Gasteiger partial charge in [0.25, 0.3) is 11.6 Å². The minimum Gasteiger partial charge on any atom is -0.337 e. The van der Waals surface area contributed by atoms with E-state index >= 15 is 0 Å². The molecule has 0 aliphatic rings. The van der Waals surface area contributed by atoms with Crippen molar-refractivity contribution in [2.75, 3.05) is 7.05 Å². The van der Waals surface area contributed by atoms with Crippen LogP contribution >= 0.6 is 0 Å². The topological polar surface area (TPSA) is 94.2 Å². The molecule has 0 fully saturated rings. The molecule has 0 spiro atoms. The third-order valence-corrected chi connectivity index (χ3v) is 3.85. The second kappa shape index (κ2) is 7.28. The van der Waals surface area contributed by atoms with Gasteiger partial charge in [0.15, 0.2) is 0 Å². The van der Waals surface area contributed by atoms with Crippen molar-refractivity contribution in [2.24, 2.45) is 0 Å². The van der Waals surface area contributed by atoms with Crippen LogP contribution in [0.15, 0.2) is 49.1 Å². The van der Waals surface area contributed by atoms with Crippen LogP contribution in [0.25, 0.3) is 5.69 Å². The highest BCUT2D eigenvalue weighted by atomic mass is 19.1. The molecule has 0 aliphatic heterocycles. The van der Waals surface area contributed by atoms with Gasteiger partial charge >= 0.3 is 0 Å². The van der Waals surface area contributed by atoms with Gasteiger partial charge in [0.1, 0.15) is 30.0 Å². The first-order valence-corrected chi connectivity index (χ1v) is 7.69. The number of carbonyl (C=O) groups excluding carboxylic acids is 1. The molecule has 1 aromatic heterocycles. The summed E-state index contributed by atoms with van der Waals surface area (Å²) in [6, 6.07) is 6.97. The lowest BCUT2D eigenvalue weighted by molar-refractivity contribution is -0.384. The van der Waals surface area contributed by atoms with Crippen LogP contribution in [0.1, 0.15) is 15.9 Å². The normalized spacial score (nSPS) is 10.6. The van der Waals surface area contributed by atoms with Crippen molar-refractivity contribution >= 4 is 11.6 Å². The van der Waals surface area contributed by atoms with E-state index in [0.29, 0.717) is 0 Å². The largest absolute Gasteiger partial charge is 0.337 e. The maximum absolute atomic E-state index is 13.8. The Balaban J connectivity index is 1.87. The average molecular weight is 373 g/mol. The molecule has 138 valence electrons. The number of hydrogen-bond acceptors (Lipinski definition) is 5. The summed E-state index contributed by atoms with van der Waals surface area (Å²) < 4.78 is 28.0. The molecule has 1 heterocycles. The summed E-state index contributed by atoms with van der Waals surface area (Å²) in [5.41, 5.74) is 0.00515. The zero-order valence-electron chi connectivity index (χ0n) is 14.0. The van der Waals surface area contributed by atoms with Crippen molar-refractivity contribution in [3.63, 3.8) is 0 Å². The van der Waals surface area contributed by atoms with Crippen molar-refractivity contribution in [1.82, 2.24) is 19.7 Å². The number of aromatic nitrogens is 3. The summed E-state index contributed by atoms with van der Waals surface area (Å²) in [5.74, 6) is -2.04. The number of carbonyl (C=O) groups is 1. The molecule has 10 heteroatoms. The van der Waals surface area contributed by atoms with Crippen LogP contribution in [0.3, 0.4) is 0 Å². The van der Waals surface area contributed by atoms with Crippen LogP contribution in [0.4, 0.5) is 14.5 Å². The number of nitro benzene ring substituents is 1. The average Bonchev–Trinajstić information content (AvgIpc) is 3.17. The molecule has 2 aromatic carbocycles. The van der Waals surface area contributed by atoms with E-state index in [9.17, 15) is 23.7 Å². The van der Waals surface area contributed by atoms with Gasteiger partial charge in [-0.3, -0.25) is 14.9 Å². The smallest absolute Gasteiger partial charge is 0.295 e. The SMILES string of the molecule is CN(Cc1ccc(F)cc1F)C(=O)c1ccc(-n2cncn2)c([N+](=O)[O-])c1. The van der Waals surface area contributed by atoms with Gasteiger partial charge < -0.3 is 4.90 Å². The van der Waals surface area contributed by atoms with Gasteiger partial charge in [-0.2, -0.15) is 5.10 Å². The lowest BCUT2D eigenvalue weighted by atomic mass is 10.1. The standard InChI is InChI=1S/C17H13F2N5O3/c1-22(8-12-2-4-13(18)7-14(12)19)17(25)11-3-5-15(16(6-11)24(26)27)23-10-20-9-21-23/h2-7,9-10H,8H2,1H3. The van der Waals surface area contributed by atoms with Crippen molar-refractivity contribution in [3.05, 3.63) is 81.9 Å². The Morgan fingerprint density at radius 1 is 1.26 bits per heavy atom. The van der Waals surface area contributed by atoms with Crippen molar-refractivity contribution < 1.29 is 18.5 Å². The van der Waals surface area contributed by atoms with E-state index in [-0.39, 0.29) is 29.0 Å². The zero-order valence-corrected chi connectivity index (χ0v) is 14.0. The van der Waals surface area contributed by atoms with Gasteiger partial charge in [-0.05, 0) is 18.2 Å². The molecule has 0 N–H and O–H groups in total. The first-order valence-electron chi connectivity index (χ1n) is 7.69. The summed E-state index contributed by atoms with van der Waals surface area (Å²) in [6.45, 7) is -0.121. The Hall–Kier alpha value is -3.69. The van der Waals surface area contributed by atoms with E-state index < -0.39 is 22.5 Å². The second-order valence-electron chi connectivity index (χ2n) is 5.70. The Labute approximate surface area is 151 Å². The molecule has 0 aliphatic carbocycles. The molecule has 0 saturated carbocycles. The third-order valence-electron chi connectivity index (χ3n) is 3.85. The van der Waals surface area contributed by atoms with Crippen molar-refractivity contribution in [1.29, 1.82) is 0 Å². The second-order valence-corrected chi connectivity index (χ2v) is 5.70. The minimum absolute atomic E-state index is 0.0515. The third kappa shape index (κ3) is 3.78. The van der Waals surface area contributed by atoms with Gasteiger partial charge in [-0.1, -0.05) is 6.07 Å². The van der Waals surface area contributed by atoms with E-state index in [1.807, 2.05) is 0 Å². The molecule has 0 atom stereocenters. The maximum atomic E-state index is 13.8. The molecule has 8 nitrogen and oxygen atoms in total. The molecule has 3 rings (SSSR count). The number of halogens is 2. The summed E-state index contributed by atoms with van der Waals surface area (Å²) in [5, 5.41) is 15.2. The van der Waals surface area contributed by atoms with E-state index in [0.717, 1.165) is 18.2 Å². The number of nitrogens with zero attached hydrogens (tertiary/aromatic N) is 5. The van der Waals surface area contributed by atoms with E-state index in [2.05, 4.69) is 10.1 Å². The molecular formula is C17H13F2N5O3. The molecule has 0 bridgehead atoms. The molecule has 1 amide bonds. The highest BCUT2D eigenvalue weighted by Gasteiger charge is 2.21. The predicted octanol–water partition coefficient (Wildman–Crippen LogP) is 2.73. The summed E-state index contributed by atoms with van der Waals surface area (Å²) in [7, 11) is 1.42. The van der Waals surface area contributed by atoms with Crippen LogP contribution < -0.4 is 0 Å². The van der Waals surface area contributed by atoms with Crippen LogP contribution in [0, 0.1) is 21.7 Å². The number of hydrogen-bond donors (Lipinski definition) is 0. The van der Waals surface area contributed by atoms with Gasteiger partial charge in [0.2, 0.25) is 0 Å². The van der Waals surface area contributed by atoms with Gasteiger partial charge in [-0.15, -0.1) is 0 Å². The molecular weight excluding hydrogens is 360 g/mol. The molecule has 3 aromatic rings. The molecule has 0 unspecified atom stereocenters. The zero-order chi connectivity index (χ0) is 19.6. The van der Waals surface area contributed by atoms with Crippen LogP contribution in [0.2, 0.25) is 0 Å². The lowest BCUT2D eigenvalue weighted by Crippen LogP contribution is -2.26. The number of benzene rings is 2.